The first-order valence-corrected chi connectivity index (χ1v) is 13.0. The number of likely N-dealkylation sites (N-methyl/N-ethyl adjacent to an activating group) is 1. The van der Waals surface area contributed by atoms with Crippen molar-refractivity contribution in [2.75, 3.05) is 12.8 Å². The number of thioether (sulfide) groups is 1. The van der Waals surface area contributed by atoms with Crippen LogP contribution in [0, 0.1) is 0 Å². The molecule has 0 aliphatic carbocycles. The Balaban J connectivity index is 1.80. The molecule has 0 aliphatic heterocycles. The van der Waals surface area contributed by atoms with Crippen LogP contribution in [0.2, 0.25) is 10.0 Å². The molecule has 0 saturated carbocycles. The van der Waals surface area contributed by atoms with Crippen LogP contribution < -0.4 is 5.32 Å². The first-order chi connectivity index (χ1) is 16.5. The molecule has 178 valence electrons. The predicted octanol–water partition coefficient (Wildman–Crippen LogP) is 6.00. The number of hydrogen-bond donors (Lipinski definition) is 1. The van der Waals surface area contributed by atoms with Gasteiger partial charge in [-0.3, -0.25) is 9.59 Å². The normalized spacial score (nSPS) is 11.6. The fraction of sp³-hybridized carbons (Fsp3) is 0.259. The van der Waals surface area contributed by atoms with Crippen molar-refractivity contribution in [2.45, 2.75) is 31.2 Å². The summed E-state index contributed by atoms with van der Waals surface area (Å²) in [6, 6.07) is 24.4. The molecule has 0 bridgehead atoms. The average molecular weight is 516 g/mol. The smallest absolute Gasteiger partial charge is 0.242 e. The first kappa shape index (κ1) is 26.1. The van der Waals surface area contributed by atoms with Gasteiger partial charge in [0.25, 0.3) is 0 Å². The van der Waals surface area contributed by atoms with Crippen molar-refractivity contribution >= 4 is 46.8 Å². The van der Waals surface area contributed by atoms with E-state index in [1.54, 1.807) is 41.9 Å². The molecule has 3 rings (SSSR count). The van der Waals surface area contributed by atoms with E-state index in [1.165, 1.54) is 5.56 Å². The van der Waals surface area contributed by atoms with Gasteiger partial charge in [0.2, 0.25) is 11.8 Å². The Morgan fingerprint density at radius 1 is 0.882 bits per heavy atom. The van der Waals surface area contributed by atoms with Crippen LogP contribution in [0.1, 0.15) is 23.1 Å². The van der Waals surface area contributed by atoms with Crippen molar-refractivity contribution in [2.24, 2.45) is 0 Å². The minimum absolute atomic E-state index is 0.110. The van der Waals surface area contributed by atoms with Crippen LogP contribution in [0.25, 0.3) is 0 Å². The Morgan fingerprint density at radius 2 is 1.47 bits per heavy atom. The third kappa shape index (κ3) is 7.52. The highest BCUT2D eigenvalue weighted by Gasteiger charge is 2.30. The summed E-state index contributed by atoms with van der Waals surface area (Å²) in [6.07, 6.45) is 0.702. The molecule has 0 saturated heterocycles. The van der Waals surface area contributed by atoms with Gasteiger partial charge in [-0.15, -0.1) is 0 Å². The van der Waals surface area contributed by atoms with Crippen LogP contribution in [0.3, 0.4) is 0 Å². The molecule has 3 aromatic rings. The Morgan fingerprint density at radius 3 is 2.06 bits per heavy atom. The van der Waals surface area contributed by atoms with Crippen LogP contribution in [-0.4, -0.2) is 35.6 Å². The molecular weight excluding hydrogens is 487 g/mol. The molecule has 0 radical (unpaired) electrons. The van der Waals surface area contributed by atoms with E-state index in [0.717, 1.165) is 11.3 Å². The number of carbonyl (C=O) groups is 2. The SMILES string of the molecule is CNC(=O)[C@@H](Cc1ccccc1)N(Cc1c(Cl)cccc1Cl)C(=O)CCSCc1ccccc1. The average Bonchev–Trinajstić information content (AvgIpc) is 2.86. The van der Waals surface area contributed by atoms with Gasteiger partial charge >= 0.3 is 0 Å². The summed E-state index contributed by atoms with van der Waals surface area (Å²) < 4.78 is 0. The number of rotatable bonds is 11. The van der Waals surface area contributed by atoms with Crippen molar-refractivity contribution in [1.29, 1.82) is 0 Å². The van der Waals surface area contributed by atoms with Crippen LogP contribution in [0.5, 0.6) is 0 Å². The van der Waals surface area contributed by atoms with Crippen molar-refractivity contribution in [3.63, 3.8) is 0 Å². The molecule has 34 heavy (non-hydrogen) atoms. The quantitative estimate of drug-likeness (QED) is 0.319. The van der Waals surface area contributed by atoms with Gasteiger partial charge in [-0.05, 0) is 23.3 Å². The van der Waals surface area contributed by atoms with Crippen molar-refractivity contribution in [1.82, 2.24) is 10.2 Å². The number of amides is 2. The van der Waals surface area contributed by atoms with E-state index in [0.29, 0.717) is 34.2 Å². The van der Waals surface area contributed by atoms with E-state index in [-0.39, 0.29) is 18.4 Å². The van der Waals surface area contributed by atoms with Gasteiger partial charge in [0.05, 0.1) is 0 Å². The summed E-state index contributed by atoms with van der Waals surface area (Å²) in [5, 5.41) is 3.66. The zero-order valence-corrected chi connectivity index (χ0v) is 21.4. The Kier molecular flexibility index (Phi) is 10.3. The molecule has 2 amide bonds. The lowest BCUT2D eigenvalue weighted by Gasteiger charge is -2.31. The number of carbonyl (C=O) groups excluding carboxylic acids is 2. The highest BCUT2D eigenvalue weighted by atomic mass is 35.5. The molecule has 0 spiro atoms. The van der Waals surface area contributed by atoms with Crippen LogP contribution in [0.4, 0.5) is 0 Å². The Bertz CT molecular complexity index is 1060. The molecule has 1 atom stereocenters. The highest BCUT2D eigenvalue weighted by molar-refractivity contribution is 7.98. The molecule has 0 unspecified atom stereocenters. The second kappa shape index (κ2) is 13.4. The highest BCUT2D eigenvalue weighted by Crippen LogP contribution is 2.27. The third-order valence-corrected chi connectivity index (χ3v) is 7.22. The predicted molar refractivity (Wildman–Crippen MR) is 142 cm³/mol. The van der Waals surface area contributed by atoms with Crippen LogP contribution >= 0.6 is 35.0 Å². The zero-order chi connectivity index (χ0) is 24.3. The lowest BCUT2D eigenvalue weighted by atomic mass is 10.0. The number of hydrogen-bond acceptors (Lipinski definition) is 3. The number of benzene rings is 3. The summed E-state index contributed by atoms with van der Waals surface area (Å²) in [5.41, 5.74) is 2.82. The van der Waals surface area contributed by atoms with Crippen molar-refractivity contribution < 1.29 is 9.59 Å². The standard InChI is InChI=1S/C27H28Cl2N2O2S/c1-30-27(33)25(17-20-9-4-2-5-10-20)31(18-22-23(28)13-8-14-24(22)29)26(32)15-16-34-19-21-11-6-3-7-12-21/h2-14,25H,15-19H2,1H3,(H,30,33)/t25-/m1/s1. The molecule has 0 heterocycles. The molecule has 3 aromatic carbocycles. The van der Waals surface area contributed by atoms with Gasteiger partial charge < -0.3 is 10.2 Å². The molecule has 0 aromatic heterocycles. The third-order valence-electron chi connectivity index (χ3n) is 5.48. The number of nitrogens with zero attached hydrogens (tertiary/aromatic N) is 1. The fourth-order valence-corrected chi connectivity index (χ4v) is 5.05. The summed E-state index contributed by atoms with van der Waals surface area (Å²) in [7, 11) is 1.58. The molecular formula is C27H28Cl2N2O2S. The second-order valence-electron chi connectivity index (χ2n) is 7.83. The topological polar surface area (TPSA) is 49.4 Å². The van der Waals surface area contributed by atoms with Crippen molar-refractivity contribution in [3.8, 4) is 0 Å². The van der Waals surface area contributed by atoms with E-state index in [1.807, 2.05) is 48.5 Å². The summed E-state index contributed by atoms with van der Waals surface area (Å²) in [4.78, 5) is 28.1. The van der Waals surface area contributed by atoms with Gasteiger partial charge in [0.15, 0.2) is 0 Å². The van der Waals surface area contributed by atoms with Crippen molar-refractivity contribution in [3.05, 3.63) is 106 Å². The van der Waals surface area contributed by atoms with Gasteiger partial charge in [0.1, 0.15) is 6.04 Å². The molecule has 4 nitrogen and oxygen atoms in total. The molecule has 0 fully saturated rings. The molecule has 0 aliphatic rings. The molecule has 1 N–H and O–H groups in total. The maximum Gasteiger partial charge on any atom is 0.242 e. The van der Waals surface area contributed by atoms with Crippen LogP contribution in [-0.2, 0) is 28.3 Å². The van der Waals surface area contributed by atoms with E-state index >= 15 is 0 Å². The van der Waals surface area contributed by atoms with Crippen LogP contribution in [0.15, 0.2) is 78.9 Å². The fourth-order valence-electron chi connectivity index (χ4n) is 3.64. The van der Waals surface area contributed by atoms with E-state index in [2.05, 4.69) is 17.4 Å². The number of nitrogens with one attached hydrogen (secondary N) is 1. The van der Waals surface area contributed by atoms with E-state index in [4.69, 9.17) is 23.2 Å². The summed E-state index contributed by atoms with van der Waals surface area (Å²) in [5.74, 6) is 1.14. The minimum Gasteiger partial charge on any atom is -0.357 e. The summed E-state index contributed by atoms with van der Waals surface area (Å²) in [6.45, 7) is 0.158. The van der Waals surface area contributed by atoms with E-state index < -0.39 is 6.04 Å². The van der Waals surface area contributed by atoms with Gasteiger partial charge in [-0.1, -0.05) is 89.9 Å². The van der Waals surface area contributed by atoms with Gasteiger partial charge in [-0.25, -0.2) is 0 Å². The maximum absolute atomic E-state index is 13.5. The monoisotopic (exact) mass is 514 g/mol. The number of halogens is 2. The largest absolute Gasteiger partial charge is 0.357 e. The first-order valence-electron chi connectivity index (χ1n) is 11.1. The Labute approximate surface area is 215 Å². The minimum atomic E-state index is -0.689. The van der Waals surface area contributed by atoms with E-state index in [9.17, 15) is 9.59 Å². The zero-order valence-electron chi connectivity index (χ0n) is 19.0. The Hall–Kier alpha value is -2.47. The van der Waals surface area contributed by atoms with Gasteiger partial charge in [0, 0.05) is 53.5 Å². The lowest BCUT2D eigenvalue weighted by molar-refractivity contribution is -0.140. The molecule has 7 heteroatoms. The second-order valence-corrected chi connectivity index (χ2v) is 9.75. The lowest BCUT2D eigenvalue weighted by Crippen LogP contribution is -2.49. The maximum atomic E-state index is 13.5. The van der Waals surface area contributed by atoms with Gasteiger partial charge in [-0.2, -0.15) is 11.8 Å². The summed E-state index contributed by atoms with van der Waals surface area (Å²) >= 11 is 14.5.